The smallest absolute Gasteiger partial charge is 0.333 e. The third kappa shape index (κ3) is 3.81. The van der Waals surface area contributed by atoms with E-state index in [1.807, 2.05) is 25.1 Å². The highest BCUT2D eigenvalue weighted by molar-refractivity contribution is 6.02. The van der Waals surface area contributed by atoms with Crippen LogP contribution >= 0.6 is 0 Å². The lowest BCUT2D eigenvalue weighted by molar-refractivity contribution is 0.100. The molecule has 0 saturated carbocycles. The van der Waals surface area contributed by atoms with E-state index in [2.05, 4.69) is 16.7 Å². The van der Waals surface area contributed by atoms with Crippen molar-refractivity contribution < 1.29 is 9.53 Å². The molecule has 4 aromatic rings. The first-order chi connectivity index (χ1) is 16.4. The summed E-state index contributed by atoms with van der Waals surface area (Å²) in [5.74, 6) is -0.184. The van der Waals surface area contributed by atoms with Gasteiger partial charge in [-0.15, -0.1) is 0 Å². The molecule has 1 heterocycles. The minimum absolute atomic E-state index is 0.260. The number of H-pyrrole nitrogens is 1. The fourth-order valence-electron chi connectivity index (χ4n) is 3.99. The van der Waals surface area contributed by atoms with Crippen LogP contribution in [0.4, 0.5) is 0 Å². The van der Waals surface area contributed by atoms with Crippen LogP contribution in [0.5, 0.6) is 5.75 Å². The highest BCUT2D eigenvalue weighted by Gasteiger charge is 2.18. The van der Waals surface area contributed by atoms with E-state index in [-0.39, 0.29) is 10.9 Å². The molecular formula is C26H22N4O4. The van der Waals surface area contributed by atoms with Crippen molar-refractivity contribution in [2.75, 3.05) is 7.11 Å². The van der Waals surface area contributed by atoms with E-state index in [4.69, 9.17) is 10.5 Å². The summed E-state index contributed by atoms with van der Waals surface area (Å²) in [6.45, 7) is 5.36. The summed E-state index contributed by atoms with van der Waals surface area (Å²) in [4.78, 5) is 45.1. The van der Waals surface area contributed by atoms with Gasteiger partial charge in [0.25, 0.3) is 5.56 Å². The topological polar surface area (TPSA) is 120 Å². The molecule has 0 unspecified atom stereocenters. The van der Waals surface area contributed by atoms with E-state index in [9.17, 15) is 14.4 Å². The second-order valence-electron chi connectivity index (χ2n) is 7.59. The van der Waals surface area contributed by atoms with E-state index >= 15 is 0 Å². The van der Waals surface area contributed by atoms with Crippen LogP contribution in [-0.4, -0.2) is 29.3 Å². The second kappa shape index (κ2) is 9.03. The molecular weight excluding hydrogens is 432 g/mol. The van der Waals surface area contributed by atoms with E-state index in [0.29, 0.717) is 33.7 Å². The fraction of sp³-hybridized carbons (Fsp3) is 0.0769. The Morgan fingerprint density at radius 1 is 1.09 bits per heavy atom. The number of carbonyl (C=O) groups is 1. The molecule has 4 rings (SSSR count). The number of aromatic amines is 1. The number of nitrogens with two attached hydrogens (primary N) is 1. The van der Waals surface area contributed by atoms with Crippen LogP contribution in [0.25, 0.3) is 27.7 Å². The van der Waals surface area contributed by atoms with Gasteiger partial charge in [-0.3, -0.25) is 14.6 Å². The zero-order valence-electron chi connectivity index (χ0n) is 18.7. The maximum atomic E-state index is 13.4. The molecule has 0 aliphatic rings. The number of benzene rings is 3. The summed E-state index contributed by atoms with van der Waals surface area (Å²) in [6.07, 6.45) is 1.38. The van der Waals surface area contributed by atoms with Crippen LogP contribution in [0.15, 0.2) is 81.4 Å². The van der Waals surface area contributed by atoms with Gasteiger partial charge >= 0.3 is 5.69 Å². The molecule has 1 aromatic heterocycles. The lowest BCUT2D eigenvalue weighted by Gasteiger charge is -2.14. The van der Waals surface area contributed by atoms with Gasteiger partial charge in [0.1, 0.15) is 5.75 Å². The van der Waals surface area contributed by atoms with Crippen molar-refractivity contribution in [3.05, 3.63) is 104 Å². The Morgan fingerprint density at radius 3 is 2.50 bits per heavy atom. The normalized spacial score (nSPS) is 11.4. The van der Waals surface area contributed by atoms with Crippen molar-refractivity contribution in [3.8, 4) is 16.9 Å². The lowest BCUT2D eigenvalue weighted by atomic mass is 9.97. The zero-order valence-corrected chi connectivity index (χ0v) is 18.7. The Morgan fingerprint density at radius 2 is 1.82 bits per heavy atom. The number of ether oxygens (including phenoxy) is 1. The molecule has 0 bridgehead atoms. The minimum atomic E-state index is -0.636. The second-order valence-corrected chi connectivity index (χ2v) is 7.59. The summed E-state index contributed by atoms with van der Waals surface area (Å²) >= 11 is 0. The van der Waals surface area contributed by atoms with Gasteiger partial charge in [-0.1, -0.05) is 36.4 Å². The number of nitrogens with zero attached hydrogens (tertiary/aromatic N) is 2. The van der Waals surface area contributed by atoms with Crippen molar-refractivity contribution in [1.82, 2.24) is 9.55 Å². The first kappa shape index (κ1) is 22.5. The Labute approximate surface area is 194 Å². The standard InChI is InChI=1S/C26H22N4O4/c1-15-7-4-5-8-17(15)21(14-28-2)30-25(32)18-12-11-16(13-20(18)29-26(30)33)23-19(24(27)31)9-6-10-22(23)34-3/h4-14H,2H2,1,3H3,(H2,27,31)(H,29,33)/b21-14+. The van der Waals surface area contributed by atoms with Crippen LogP contribution < -0.4 is 21.7 Å². The lowest BCUT2D eigenvalue weighted by Crippen LogP contribution is -2.34. The quantitative estimate of drug-likeness (QED) is 0.434. The van der Waals surface area contributed by atoms with Gasteiger partial charge in [-0.25, -0.2) is 9.36 Å². The van der Waals surface area contributed by atoms with Crippen molar-refractivity contribution in [2.24, 2.45) is 10.7 Å². The molecule has 0 saturated heterocycles. The third-order valence-corrected chi connectivity index (χ3v) is 5.57. The van der Waals surface area contributed by atoms with Gasteiger partial charge in [-0.05, 0) is 49.0 Å². The molecule has 3 aromatic carbocycles. The van der Waals surface area contributed by atoms with Crippen LogP contribution in [0, 0.1) is 6.92 Å². The number of carbonyl (C=O) groups excluding carboxylic acids is 1. The zero-order chi connectivity index (χ0) is 24.4. The molecule has 34 heavy (non-hydrogen) atoms. The highest BCUT2D eigenvalue weighted by Crippen LogP contribution is 2.34. The monoisotopic (exact) mass is 454 g/mol. The minimum Gasteiger partial charge on any atom is -0.496 e. The molecule has 8 heteroatoms. The Hall–Kier alpha value is -4.72. The SMILES string of the molecule is C=N/C=C(\c1ccccc1C)n1c(=O)[nH]c2cc(-c3c(OC)cccc3C(N)=O)ccc2c1=O. The molecule has 1 amide bonds. The van der Waals surface area contributed by atoms with Crippen LogP contribution in [0.2, 0.25) is 0 Å². The molecule has 0 spiro atoms. The van der Waals surface area contributed by atoms with Crippen LogP contribution in [0.3, 0.4) is 0 Å². The third-order valence-electron chi connectivity index (χ3n) is 5.57. The van der Waals surface area contributed by atoms with Gasteiger partial charge in [0, 0.05) is 11.1 Å². The number of hydrogen-bond acceptors (Lipinski definition) is 5. The number of aliphatic imine (C=N–C) groups is 1. The fourth-order valence-corrected chi connectivity index (χ4v) is 3.99. The van der Waals surface area contributed by atoms with Gasteiger partial charge in [0.05, 0.1) is 35.5 Å². The summed E-state index contributed by atoms with van der Waals surface area (Å²) in [5.41, 5.74) is 7.87. The van der Waals surface area contributed by atoms with Crippen LogP contribution in [0.1, 0.15) is 21.5 Å². The van der Waals surface area contributed by atoms with Crippen molar-refractivity contribution in [1.29, 1.82) is 0 Å². The van der Waals surface area contributed by atoms with Crippen LogP contribution in [-0.2, 0) is 0 Å². The molecule has 170 valence electrons. The van der Waals surface area contributed by atoms with E-state index < -0.39 is 17.2 Å². The molecule has 0 aliphatic heterocycles. The average molecular weight is 454 g/mol. The maximum absolute atomic E-state index is 13.4. The molecule has 0 atom stereocenters. The Kier molecular flexibility index (Phi) is 5.97. The predicted octanol–water partition coefficient (Wildman–Crippen LogP) is 3.32. The maximum Gasteiger partial charge on any atom is 0.333 e. The number of aryl methyl sites for hydroxylation is 1. The number of methoxy groups -OCH3 is 1. The number of amides is 1. The van der Waals surface area contributed by atoms with Crippen molar-refractivity contribution >= 4 is 29.2 Å². The Balaban J connectivity index is 1.98. The predicted molar refractivity (Wildman–Crippen MR) is 133 cm³/mol. The molecule has 0 fully saturated rings. The first-order valence-electron chi connectivity index (χ1n) is 10.4. The molecule has 8 nitrogen and oxygen atoms in total. The number of hydrogen-bond donors (Lipinski definition) is 2. The molecule has 0 aliphatic carbocycles. The molecule has 3 N–H and O–H groups in total. The number of primary amides is 1. The van der Waals surface area contributed by atoms with E-state index in [1.165, 1.54) is 13.3 Å². The number of aromatic nitrogens is 2. The average Bonchev–Trinajstić information content (AvgIpc) is 2.83. The van der Waals surface area contributed by atoms with Gasteiger partial charge in [0.15, 0.2) is 0 Å². The first-order valence-corrected chi connectivity index (χ1v) is 10.4. The molecule has 0 radical (unpaired) electrons. The number of rotatable bonds is 6. The summed E-state index contributed by atoms with van der Waals surface area (Å²) in [5, 5.41) is 0.280. The van der Waals surface area contributed by atoms with E-state index in [1.54, 1.807) is 42.5 Å². The van der Waals surface area contributed by atoms with Gasteiger partial charge in [0.2, 0.25) is 5.91 Å². The van der Waals surface area contributed by atoms with Crippen molar-refractivity contribution in [3.63, 3.8) is 0 Å². The summed E-state index contributed by atoms with van der Waals surface area (Å²) in [7, 11) is 1.48. The Bertz CT molecular complexity index is 1590. The highest BCUT2D eigenvalue weighted by atomic mass is 16.5. The van der Waals surface area contributed by atoms with Gasteiger partial charge in [-0.2, -0.15) is 0 Å². The van der Waals surface area contributed by atoms with Gasteiger partial charge < -0.3 is 15.5 Å². The number of nitrogens with one attached hydrogen (secondary N) is 1. The van der Waals surface area contributed by atoms with E-state index in [0.717, 1.165) is 10.1 Å². The summed E-state index contributed by atoms with van der Waals surface area (Å²) < 4.78 is 6.46. The van der Waals surface area contributed by atoms with Crippen molar-refractivity contribution in [2.45, 2.75) is 6.92 Å². The number of fused-ring (bicyclic) bond motifs is 1. The summed E-state index contributed by atoms with van der Waals surface area (Å²) in [6, 6.07) is 17.2. The largest absolute Gasteiger partial charge is 0.496 e.